The standard InChI is InChI=1S/C27H31F3N4O8S2/c1-18-13-22(44(41,42)33-25(15-35,16-36)17-37)6-5-19(18)7-12-43(39,40)34-10-8-26(9-11-34)24(38)31-23(32-26)20-3-2-4-21(14-20)27(28,29)30/h2-7,12-14,35-37H,8-11,15-17H2,1H3,(H2-,31,32,33,38,41,42)/p+1/b12-7+. The molecule has 1 amide bonds. The molecule has 4 rings (SSSR count). The Hall–Kier alpha value is -3.03. The zero-order valence-electron chi connectivity index (χ0n) is 23.4. The predicted molar refractivity (Wildman–Crippen MR) is 155 cm³/mol. The number of carbonyl (C=O) groups excluding carboxylic acids is 1. The van der Waals surface area contributed by atoms with Crippen LogP contribution in [0.5, 0.6) is 0 Å². The summed E-state index contributed by atoms with van der Waals surface area (Å²) in [5.74, 6) is -0.523. The molecule has 2 heterocycles. The van der Waals surface area contributed by atoms with E-state index < -0.39 is 69.0 Å². The number of alkyl halides is 3. The highest BCUT2D eigenvalue weighted by Gasteiger charge is 2.47. The van der Waals surface area contributed by atoms with E-state index in [9.17, 15) is 50.5 Å². The number of piperidine rings is 1. The van der Waals surface area contributed by atoms with Gasteiger partial charge in [0, 0.05) is 30.1 Å². The summed E-state index contributed by atoms with van der Waals surface area (Å²) in [5.41, 5.74) is -3.09. The molecule has 2 aliphatic rings. The Labute approximate surface area is 252 Å². The normalized spacial score (nSPS) is 19.3. The molecule has 1 saturated heterocycles. The Balaban J connectivity index is 1.46. The number of halogens is 3. The number of benzene rings is 2. The molecule has 12 nitrogen and oxygen atoms in total. The van der Waals surface area contributed by atoms with Gasteiger partial charge in [-0.3, -0.25) is 9.79 Å². The van der Waals surface area contributed by atoms with Crippen molar-refractivity contribution in [3.63, 3.8) is 0 Å². The zero-order valence-corrected chi connectivity index (χ0v) is 25.0. The Kier molecular flexibility index (Phi) is 9.54. The molecule has 0 radical (unpaired) electrons. The number of hydrogen-bond donors (Lipinski definition) is 6. The van der Waals surface area contributed by atoms with E-state index in [0.29, 0.717) is 11.1 Å². The third-order valence-corrected chi connectivity index (χ3v) is 10.8. The van der Waals surface area contributed by atoms with Gasteiger partial charge in [0.1, 0.15) is 16.9 Å². The summed E-state index contributed by atoms with van der Waals surface area (Å²) in [6.45, 7) is -1.02. The number of hydrogen-bond acceptors (Lipinski definition) is 8. The maximum absolute atomic E-state index is 13.1. The molecule has 0 bridgehead atoms. The number of nitrogens with zero attached hydrogens (tertiary/aromatic N) is 2. The Morgan fingerprint density at radius 1 is 1.09 bits per heavy atom. The van der Waals surface area contributed by atoms with Gasteiger partial charge in [-0.1, -0.05) is 16.9 Å². The van der Waals surface area contributed by atoms with Crippen LogP contribution in [0.2, 0.25) is 0 Å². The molecule has 6 N–H and O–H groups in total. The Morgan fingerprint density at radius 2 is 1.73 bits per heavy atom. The molecule has 2 aromatic carbocycles. The number of rotatable bonds is 10. The second-order valence-electron chi connectivity index (χ2n) is 10.7. The van der Waals surface area contributed by atoms with Gasteiger partial charge < -0.3 is 20.6 Å². The average Bonchev–Trinajstić information content (AvgIpc) is 3.30. The number of aliphatic hydroxyl groups excluding tert-OH is 3. The molecule has 1 fully saturated rings. The molecular formula is C27H32F3N4O8S2+. The van der Waals surface area contributed by atoms with Gasteiger partial charge in [-0.2, -0.15) is 22.0 Å². The second-order valence-corrected chi connectivity index (χ2v) is 14.2. The van der Waals surface area contributed by atoms with Crippen LogP contribution in [0.3, 0.4) is 0 Å². The van der Waals surface area contributed by atoms with Crippen LogP contribution in [0.15, 0.2) is 57.8 Å². The lowest BCUT2D eigenvalue weighted by Gasteiger charge is -2.34. The van der Waals surface area contributed by atoms with Crippen LogP contribution in [0, 0.1) is 6.92 Å². The largest absolute Gasteiger partial charge is 0.416 e. The van der Waals surface area contributed by atoms with Crippen molar-refractivity contribution in [1.29, 1.82) is 0 Å². The van der Waals surface area contributed by atoms with Crippen molar-refractivity contribution in [3.05, 3.63) is 70.1 Å². The molecule has 0 aromatic heterocycles. The van der Waals surface area contributed by atoms with Crippen LogP contribution in [0.1, 0.15) is 35.1 Å². The predicted octanol–water partition coefficient (Wildman–Crippen LogP) is 1.28. The van der Waals surface area contributed by atoms with Crippen LogP contribution < -0.4 is 10.0 Å². The van der Waals surface area contributed by atoms with E-state index in [0.717, 1.165) is 21.8 Å². The summed E-state index contributed by atoms with van der Waals surface area (Å²) >= 11 is 0. The molecule has 44 heavy (non-hydrogen) atoms. The minimum Gasteiger partial charge on any atom is -0.394 e. The summed E-state index contributed by atoms with van der Waals surface area (Å²) in [6.07, 6.45) is -3.25. The first kappa shape index (κ1) is 33.9. The van der Waals surface area contributed by atoms with Crippen molar-refractivity contribution >= 4 is 38.2 Å². The molecular weight excluding hydrogens is 629 g/mol. The van der Waals surface area contributed by atoms with E-state index >= 15 is 0 Å². The molecule has 2 aromatic rings. The molecule has 1 atom stereocenters. The first-order valence-corrected chi connectivity index (χ1v) is 16.3. The zero-order chi connectivity index (χ0) is 32.6. The van der Waals surface area contributed by atoms with Crippen molar-refractivity contribution < 1.29 is 50.5 Å². The number of amidine groups is 1. The summed E-state index contributed by atoms with van der Waals surface area (Å²) < 4.78 is 92.3. The summed E-state index contributed by atoms with van der Waals surface area (Å²) in [7, 11) is -8.00. The van der Waals surface area contributed by atoms with Crippen LogP contribution in [0.4, 0.5) is 13.2 Å². The molecule has 240 valence electrons. The van der Waals surface area contributed by atoms with Gasteiger partial charge in [0.05, 0.1) is 25.4 Å². The monoisotopic (exact) mass is 661 g/mol. The van der Waals surface area contributed by atoms with Crippen LogP contribution >= 0.6 is 0 Å². The third kappa shape index (κ3) is 6.94. The summed E-state index contributed by atoms with van der Waals surface area (Å²) in [4.78, 5) is 17.1. The Bertz CT molecular complexity index is 1630. The van der Waals surface area contributed by atoms with Gasteiger partial charge in [-0.15, -0.1) is 0 Å². The highest BCUT2D eigenvalue weighted by atomic mass is 32.3. The quantitative estimate of drug-likeness (QED) is 0.205. The average molecular weight is 662 g/mol. The first-order valence-electron chi connectivity index (χ1n) is 13.3. The van der Waals surface area contributed by atoms with Crippen molar-refractivity contribution in [2.45, 2.75) is 41.9 Å². The van der Waals surface area contributed by atoms with Crippen molar-refractivity contribution in [3.8, 4) is 0 Å². The topological polar surface area (TPSA) is 189 Å². The number of aliphatic imine (C=N–C) groups is 1. The number of amides is 1. The van der Waals surface area contributed by atoms with Gasteiger partial charge in [0.25, 0.3) is 5.91 Å². The van der Waals surface area contributed by atoms with E-state index in [1.165, 1.54) is 36.4 Å². The van der Waals surface area contributed by atoms with Crippen LogP contribution in [-0.4, -0.2) is 88.3 Å². The molecule has 0 saturated carbocycles. The van der Waals surface area contributed by atoms with Crippen molar-refractivity contribution in [2.24, 2.45) is 4.99 Å². The lowest BCUT2D eigenvalue weighted by molar-refractivity contribution is -0.137. The Morgan fingerprint density at radius 3 is 2.30 bits per heavy atom. The number of carbonyl (C=O) groups is 1. The minimum absolute atomic E-state index is 0.00647. The lowest BCUT2D eigenvalue weighted by Crippen LogP contribution is -2.58. The van der Waals surface area contributed by atoms with Gasteiger partial charge in [0.15, 0.2) is 0 Å². The van der Waals surface area contributed by atoms with Crippen molar-refractivity contribution in [2.75, 3.05) is 32.9 Å². The number of sulfonamides is 1. The molecule has 1 unspecified atom stereocenters. The third-order valence-electron chi connectivity index (χ3n) is 7.60. The number of aliphatic hydroxyl groups is 3. The van der Waals surface area contributed by atoms with E-state index in [2.05, 4.69) is 15.0 Å². The highest BCUT2D eigenvalue weighted by molar-refractivity contribution is 7.96. The molecule has 2 aliphatic heterocycles. The molecule has 17 heteroatoms. The van der Waals surface area contributed by atoms with E-state index in [1.54, 1.807) is 6.92 Å². The maximum Gasteiger partial charge on any atom is 0.416 e. The summed E-state index contributed by atoms with van der Waals surface area (Å²) in [5, 5.41) is 31.9. The molecule has 0 aliphatic carbocycles. The van der Waals surface area contributed by atoms with Gasteiger partial charge in [-0.05, 0) is 65.4 Å². The minimum atomic E-state index is -4.57. The van der Waals surface area contributed by atoms with Gasteiger partial charge in [0.2, 0.25) is 14.9 Å². The van der Waals surface area contributed by atoms with E-state index in [1.807, 2.05) is 0 Å². The fraction of sp³-hybridized carbons (Fsp3) is 0.407. The SMILES string of the molecule is Cc1cc([S+](=O)(O)NC(CO)(CO)CO)ccc1/C=C/S(=O)(=O)N1CCC2(CC1)N=C(c1cccc(C(F)(F)F)c1)NC2=O. The van der Waals surface area contributed by atoms with E-state index in [-0.39, 0.29) is 42.2 Å². The van der Waals surface area contributed by atoms with Crippen LogP contribution in [0.25, 0.3) is 6.08 Å². The fourth-order valence-corrected chi connectivity index (χ4v) is 7.47. The van der Waals surface area contributed by atoms with E-state index in [4.69, 9.17) is 0 Å². The highest BCUT2D eigenvalue weighted by Crippen LogP contribution is 2.34. The fourth-order valence-electron chi connectivity index (χ4n) is 4.80. The van der Waals surface area contributed by atoms with Gasteiger partial charge >= 0.3 is 16.6 Å². The maximum atomic E-state index is 13.1. The molecule has 1 spiro atoms. The summed E-state index contributed by atoms with van der Waals surface area (Å²) in [6, 6.07) is 8.39. The smallest absolute Gasteiger partial charge is 0.394 e. The van der Waals surface area contributed by atoms with Gasteiger partial charge in [-0.25, -0.2) is 8.42 Å². The lowest BCUT2D eigenvalue weighted by atomic mass is 9.89. The number of aryl methyl sites for hydroxylation is 1. The second kappa shape index (κ2) is 12.4. The van der Waals surface area contributed by atoms with Crippen LogP contribution in [-0.2, 0) is 35.6 Å². The number of nitrogens with one attached hydrogen (secondary N) is 2. The van der Waals surface area contributed by atoms with Crippen molar-refractivity contribution in [1.82, 2.24) is 14.3 Å². The first-order chi connectivity index (χ1) is 20.5.